The number of rotatable bonds is 8. The number of nitrogens with zero attached hydrogens (tertiary/aromatic N) is 2. The molecule has 0 saturated heterocycles. The molecule has 0 fully saturated rings. The van der Waals surface area contributed by atoms with Crippen LogP contribution in [0.3, 0.4) is 0 Å². The molecule has 0 atom stereocenters. The van der Waals surface area contributed by atoms with Crippen LogP contribution >= 0.6 is 23.5 Å². The van der Waals surface area contributed by atoms with Gasteiger partial charge >= 0.3 is 5.97 Å². The molecule has 1 heterocycles. The number of hydrogen-bond donors (Lipinski definition) is 1. The second-order valence-corrected chi connectivity index (χ2v) is 7.64. The number of aromatic nitrogens is 2. The molecule has 0 saturated carbocycles. The summed E-state index contributed by atoms with van der Waals surface area (Å²) < 4.78 is 2.19. The van der Waals surface area contributed by atoms with E-state index >= 15 is 0 Å². The van der Waals surface area contributed by atoms with Crippen molar-refractivity contribution in [1.29, 1.82) is 0 Å². The van der Waals surface area contributed by atoms with Crippen molar-refractivity contribution in [1.82, 2.24) is 9.55 Å². The van der Waals surface area contributed by atoms with Crippen LogP contribution in [0.1, 0.15) is 39.3 Å². The molecule has 0 aliphatic rings. The minimum absolute atomic E-state index is 0.0224. The van der Waals surface area contributed by atoms with Gasteiger partial charge < -0.3 is 9.67 Å². The fourth-order valence-electron chi connectivity index (χ4n) is 1.93. The van der Waals surface area contributed by atoms with E-state index in [0.29, 0.717) is 0 Å². The Labute approximate surface area is 129 Å². The first-order valence-electron chi connectivity index (χ1n) is 6.75. The number of aliphatic carboxylic acids is 1. The number of carboxylic acid groups (broad SMARTS) is 1. The van der Waals surface area contributed by atoms with Crippen molar-refractivity contribution in [2.45, 2.75) is 50.7 Å². The summed E-state index contributed by atoms with van der Waals surface area (Å²) >= 11 is 3.16. The van der Waals surface area contributed by atoms with E-state index < -0.39 is 5.97 Å². The Kier molecular flexibility index (Phi) is 6.95. The van der Waals surface area contributed by atoms with Crippen molar-refractivity contribution in [2.75, 3.05) is 17.8 Å². The lowest BCUT2D eigenvalue weighted by Gasteiger charge is -2.21. The van der Waals surface area contributed by atoms with Crippen LogP contribution < -0.4 is 0 Å². The zero-order valence-corrected chi connectivity index (χ0v) is 14.3. The lowest BCUT2D eigenvalue weighted by atomic mass is 9.92. The number of thioether (sulfide) groups is 2. The van der Waals surface area contributed by atoms with Crippen LogP contribution in [0, 0.1) is 0 Å². The van der Waals surface area contributed by atoms with Gasteiger partial charge in [-0.3, -0.25) is 4.79 Å². The zero-order valence-electron chi connectivity index (χ0n) is 12.7. The zero-order chi connectivity index (χ0) is 15.2. The maximum atomic E-state index is 10.7. The maximum absolute atomic E-state index is 10.7. The first-order valence-corrected chi connectivity index (χ1v) is 9.13. The minimum Gasteiger partial charge on any atom is -0.481 e. The number of carboxylic acids is 1. The summed E-state index contributed by atoms with van der Waals surface area (Å²) in [5.41, 5.74) is 1.20. The van der Waals surface area contributed by atoms with E-state index in [1.165, 1.54) is 23.9 Å². The van der Waals surface area contributed by atoms with Gasteiger partial charge in [0.15, 0.2) is 5.16 Å². The third-order valence-electron chi connectivity index (χ3n) is 2.89. The van der Waals surface area contributed by atoms with Gasteiger partial charge in [0, 0.05) is 23.9 Å². The van der Waals surface area contributed by atoms with E-state index in [1.807, 2.05) is 18.0 Å². The van der Waals surface area contributed by atoms with Crippen molar-refractivity contribution in [2.24, 2.45) is 0 Å². The second-order valence-electron chi connectivity index (χ2n) is 5.71. The fraction of sp³-hybridized carbons (Fsp3) is 0.714. The Morgan fingerprint density at radius 1 is 1.40 bits per heavy atom. The van der Waals surface area contributed by atoms with Gasteiger partial charge in [-0.15, -0.1) is 0 Å². The van der Waals surface area contributed by atoms with Crippen LogP contribution in [0.2, 0.25) is 0 Å². The summed E-state index contributed by atoms with van der Waals surface area (Å²) in [4.78, 5) is 15.1. The monoisotopic (exact) mass is 316 g/mol. The second kappa shape index (κ2) is 7.98. The predicted molar refractivity (Wildman–Crippen MR) is 86.9 cm³/mol. The van der Waals surface area contributed by atoms with E-state index in [1.54, 1.807) is 0 Å². The highest BCUT2D eigenvalue weighted by Gasteiger charge is 2.21. The quantitative estimate of drug-likeness (QED) is 0.587. The molecule has 114 valence electrons. The lowest BCUT2D eigenvalue weighted by Crippen LogP contribution is -2.18. The normalized spacial score (nSPS) is 11.8. The van der Waals surface area contributed by atoms with Gasteiger partial charge in [0.2, 0.25) is 0 Å². The molecule has 1 rings (SSSR count). The molecule has 1 aromatic rings. The molecule has 0 unspecified atom stereocenters. The number of unbranched alkanes of at least 4 members (excludes halogenated alkanes) is 1. The highest BCUT2D eigenvalue weighted by molar-refractivity contribution is 7.99. The molecule has 0 bridgehead atoms. The Morgan fingerprint density at radius 3 is 2.65 bits per heavy atom. The lowest BCUT2D eigenvalue weighted by molar-refractivity contribution is -0.133. The van der Waals surface area contributed by atoms with Crippen LogP contribution in [0.5, 0.6) is 0 Å². The first kappa shape index (κ1) is 17.4. The predicted octanol–water partition coefficient (Wildman–Crippen LogP) is 3.50. The van der Waals surface area contributed by atoms with E-state index in [0.717, 1.165) is 23.9 Å². The number of imidazole rings is 1. The van der Waals surface area contributed by atoms with Crippen LogP contribution in [0.4, 0.5) is 0 Å². The third-order valence-corrected chi connectivity index (χ3v) is 4.56. The number of carbonyl (C=O) groups is 1. The molecule has 0 radical (unpaired) electrons. The van der Waals surface area contributed by atoms with E-state index in [2.05, 4.69) is 36.6 Å². The summed E-state index contributed by atoms with van der Waals surface area (Å²) in [5, 5.41) is 9.64. The topological polar surface area (TPSA) is 55.1 Å². The fourth-order valence-corrected chi connectivity index (χ4v) is 3.15. The molecule has 0 spiro atoms. The van der Waals surface area contributed by atoms with Crippen molar-refractivity contribution >= 4 is 29.5 Å². The molecule has 4 nitrogen and oxygen atoms in total. The largest absolute Gasteiger partial charge is 0.481 e. The molecule has 1 N–H and O–H groups in total. The molecule has 0 aliphatic heterocycles. The van der Waals surface area contributed by atoms with Crippen molar-refractivity contribution in [3.8, 4) is 0 Å². The van der Waals surface area contributed by atoms with Crippen LogP contribution in [0.15, 0.2) is 11.4 Å². The van der Waals surface area contributed by atoms with E-state index in [-0.39, 0.29) is 11.2 Å². The van der Waals surface area contributed by atoms with E-state index in [4.69, 9.17) is 5.11 Å². The van der Waals surface area contributed by atoms with Gasteiger partial charge in [-0.05, 0) is 24.9 Å². The Hall–Kier alpha value is -0.620. The average molecular weight is 316 g/mol. The van der Waals surface area contributed by atoms with Gasteiger partial charge in [-0.1, -0.05) is 32.5 Å². The Morgan fingerprint density at radius 2 is 2.10 bits per heavy atom. The summed E-state index contributed by atoms with van der Waals surface area (Å²) in [7, 11) is 0. The van der Waals surface area contributed by atoms with E-state index in [9.17, 15) is 4.79 Å². The van der Waals surface area contributed by atoms with Crippen molar-refractivity contribution < 1.29 is 9.90 Å². The SMILES string of the molecule is CSCCCCn1c(C(C)(C)C)cnc1SCC(=O)O. The highest BCUT2D eigenvalue weighted by atomic mass is 32.2. The smallest absolute Gasteiger partial charge is 0.313 e. The molecule has 0 aromatic carbocycles. The Bertz CT molecular complexity index is 439. The van der Waals surface area contributed by atoms with Crippen LogP contribution in [0.25, 0.3) is 0 Å². The van der Waals surface area contributed by atoms with Gasteiger partial charge in [0.05, 0.1) is 5.75 Å². The minimum atomic E-state index is -0.802. The van der Waals surface area contributed by atoms with Crippen LogP contribution in [-0.4, -0.2) is 38.4 Å². The van der Waals surface area contributed by atoms with Crippen LogP contribution in [-0.2, 0) is 16.8 Å². The van der Waals surface area contributed by atoms with Gasteiger partial charge in [0.1, 0.15) is 0 Å². The summed E-state index contributed by atoms with van der Waals surface area (Å²) in [6.45, 7) is 7.39. The Balaban J connectivity index is 2.82. The van der Waals surface area contributed by atoms with Gasteiger partial charge in [-0.2, -0.15) is 11.8 Å². The average Bonchev–Trinajstić information content (AvgIpc) is 2.75. The van der Waals surface area contributed by atoms with Crippen molar-refractivity contribution in [3.63, 3.8) is 0 Å². The summed E-state index contributed by atoms with van der Waals surface area (Å²) in [5.74, 6) is 0.423. The molecule has 6 heteroatoms. The molecular weight excluding hydrogens is 292 g/mol. The molecule has 20 heavy (non-hydrogen) atoms. The molecule has 1 aromatic heterocycles. The van der Waals surface area contributed by atoms with Gasteiger partial charge in [0.25, 0.3) is 0 Å². The molecular formula is C14H24N2O2S2. The molecule has 0 aliphatic carbocycles. The van der Waals surface area contributed by atoms with Crippen molar-refractivity contribution in [3.05, 3.63) is 11.9 Å². The maximum Gasteiger partial charge on any atom is 0.313 e. The first-order chi connectivity index (χ1) is 9.36. The number of hydrogen-bond acceptors (Lipinski definition) is 4. The highest BCUT2D eigenvalue weighted by Crippen LogP contribution is 2.28. The summed E-state index contributed by atoms with van der Waals surface area (Å²) in [6, 6.07) is 0. The standard InChI is InChI=1S/C14H24N2O2S2/c1-14(2,3)11-9-15-13(20-10-12(17)18)16(11)7-5-6-8-19-4/h9H,5-8,10H2,1-4H3,(H,17,18). The van der Waals surface area contributed by atoms with Gasteiger partial charge in [-0.25, -0.2) is 4.98 Å². The summed E-state index contributed by atoms with van der Waals surface area (Å²) in [6.07, 6.45) is 6.28. The molecule has 0 amide bonds. The third kappa shape index (κ3) is 5.40.